The van der Waals surface area contributed by atoms with E-state index >= 15 is 0 Å². The van der Waals surface area contributed by atoms with Crippen molar-refractivity contribution in [1.29, 1.82) is 0 Å². The molecule has 2 rings (SSSR count). The Morgan fingerprint density at radius 1 is 1.26 bits per heavy atom. The Bertz CT molecular complexity index is 639. The van der Waals surface area contributed by atoms with Gasteiger partial charge in [0.15, 0.2) is 0 Å². The molecular formula is C18H24N2O3. The van der Waals surface area contributed by atoms with Crippen molar-refractivity contribution >= 4 is 5.91 Å². The first-order valence-corrected chi connectivity index (χ1v) is 7.77. The van der Waals surface area contributed by atoms with Gasteiger partial charge in [0.05, 0.1) is 18.7 Å². The van der Waals surface area contributed by atoms with Gasteiger partial charge in [-0.2, -0.15) is 0 Å². The van der Waals surface area contributed by atoms with Gasteiger partial charge in [-0.25, -0.2) is 0 Å². The second kappa shape index (κ2) is 7.31. The number of benzene rings is 1. The first-order chi connectivity index (χ1) is 10.8. The van der Waals surface area contributed by atoms with Crippen LogP contribution >= 0.6 is 0 Å². The lowest BCUT2D eigenvalue weighted by Crippen LogP contribution is -2.29. The third kappa shape index (κ3) is 5.43. The van der Waals surface area contributed by atoms with Crippen molar-refractivity contribution in [2.75, 3.05) is 13.2 Å². The van der Waals surface area contributed by atoms with Crippen molar-refractivity contribution in [3.05, 3.63) is 47.3 Å². The quantitative estimate of drug-likeness (QED) is 0.832. The molecule has 1 aromatic carbocycles. The number of aromatic nitrogens is 1. The van der Waals surface area contributed by atoms with Crippen LogP contribution in [0.15, 0.2) is 34.9 Å². The number of nitrogens with one attached hydrogen (secondary N) is 1. The molecule has 1 heterocycles. The number of carbonyl (C=O) groups excluding carboxylic acids is 1. The first kappa shape index (κ1) is 17.1. The Kier molecular flexibility index (Phi) is 5.42. The molecule has 0 aliphatic heterocycles. The SMILES string of the molecule is Cc1cc(CC(=O)NCCOc2ccc(C(C)(C)C)cc2)no1. The highest BCUT2D eigenvalue weighted by Gasteiger charge is 2.13. The van der Waals surface area contributed by atoms with Crippen molar-refractivity contribution in [3.8, 4) is 5.75 Å². The Hall–Kier alpha value is -2.30. The van der Waals surface area contributed by atoms with Crippen LogP contribution < -0.4 is 10.1 Å². The lowest BCUT2D eigenvalue weighted by Gasteiger charge is -2.19. The Balaban J connectivity index is 1.70. The second-order valence-electron chi connectivity index (χ2n) is 6.58. The van der Waals surface area contributed by atoms with Crippen LogP contribution in [0.5, 0.6) is 5.75 Å². The summed E-state index contributed by atoms with van der Waals surface area (Å²) in [4.78, 5) is 11.7. The van der Waals surface area contributed by atoms with Gasteiger partial charge in [0.1, 0.15) is 18.1 Å². The van der Waals surface area contributed by atoms with E-state index in [0.29, 0.717) is 24.6 Å². The summed E-state index contributed by atoms with van der Waals surface area (Å²) in [6.45, 7) is 9.21. The van der Waals surface area contributed by atoms with E-state index in [0.717, 1.165) is 5.75 Å². The summed E-state index contributed by atoms with van der Waals surface area (Å²) in [5, 5.41) is 6.59. The monoisotopic (exact) mass is 316 g/mol. The molecule has 0 saturated carbocycles. The number of nitrogens with zero attached hydrogens (tertiary/aromatic N) is 1. The normalized spacial score (nSPS) is 11.3. The van der Waals surface area contributed by atoms with Crippen molar-refractivity contribution in [1.82, 2.24) is 10.5 Å². The van der Waals surface area contributed by atoms with Crippen LogP contribution in [-0.2, 0) is 16.6 Å². The molecule has 0 spiro atoms. The minimum absolute atomic E-state index is 0.0926. The van der Waals surface area contributed by atoms with Gasteiger partial charge < -0.3 is 14.6 Å². The average Bonchev–Trinajstić information content (AvgIpc) is 2.88. The molecule has 1 aromatic heterocycles. The lowest BCUT2D eigenvalue weighted by atomic mass is 9.87. The molecule has 0 aliphatic carbocycles. The van der Waals surface area contributed by atoms with Crippen LogP contribution in [0.2, 0.25) is 0 Å². The number of aryl methyl sites for hydroxylation is 1. The summed E-state index contributed by atoms with van der Waals surface area (Å²) in [6.07, 6.45) is 0.220. The largest absolute Gasteiger partial charge is 0.492 e. The van der Waals surface area contributed by atoms with Crippen LogP contribution in [0.4, 0.5) is 0 Å². The molecule has 0 atom stereocenters. The van der Waals surface area contributed by atoms with E-state index < -0.39 is 0 Å². The molecular weight excluding hydrogens is 292 g/mol. The fraction of sp³-hybridized carbons (Fsp3) is 0.444. The lowest BCUT2D eigenvalue weighted by molar-refractivity contribution is -0.120. The molecule has 1 N–H and O–H groups in total. The highest BCUT2D eigenvalue weighted by Crippen LogP contribution is 2.24. The summed E-state index contributed by atoms with van der Waals surface area (Å²) >= 11 is 0. The molecule has 2 aromatic rings. The van der Waals surface area contributed by atoms with E-state index in [2.05, 4.69) is 43.4 Å². The zero-order valence-electron chi connectivity index (χ0n) is 14.2. The maximum atomic E-state index is 11.7. The summed E-state index contributed by atoms with van der Waals surface area (Å²) < 4.78 is 10.6. The van der Waals surface area contributed by atoms with Crippen molar-refractivity contribution in [2.24, 2.45) is 0 Å². The molecule has 5 nitrogen and oxygen atoms in total. The van der Waals surface area contributed by atoms with Gasteiger partial charge in [-0.05, 0) is 30.0 Å². The summed E-state index contributed by atoms with van der Waals surface area (Å²) in [5.41, 5.74) is 2.03. The molecule has 0 unspecified atom stereocenters. The third-order valence-electron chi connectivity index (χ3n) is 3.43. The first-order valence-electron chi connectivity index (χ1n) is 7.77. The van der Waals surface area contributed by atoms with E-state index in [-0.39, 0.29) is 17.7 Å². The van der Waals surface area contributed by atoms with Crippen LogP contribution in [0.25, 0.3) is 0 Å². The van der Waals surface area contributed by atoms with Gasteiger partial charge in [-0.1, -0.05) is 38.1 Å². The van der Waals surface area contributed by atoms with Gasteiger partial charge in [0, 0.05) is 6.07 Å². The number of hydrogen-bond acceptors (Lipinski definition) is 4. The fourth-order valence-corrected chi connectivity index (χ4v) is 2.14. The number of hydrogen-bond donors (Lipinski definition) is 1. The Morgan fingerprint density at radius 3 is 2.52 bits per heavy atom. The molecule has 0 radical (unpaired) electrons. The highest BCUT2D eigenvalue weighted by molar-refractivity contribution is 5.78. The number of carbonyl (C=O) groups is 1. The number of rotatable bonds is 6. The van der Waals surface area contributed by atoms with E-state index in [9.17, 15) is 4.79 Å². The van der Waals surface area contributed by atoms with Crippen molar-refractivity contribution in [2.45, 2.75) is 39.5 Å². The molecule has 0 aliphatic rings. The van der Waals surface area contributed by atoms with E-state index in [1.807, 2.05) is 12.1 Å². The minimum Gasteiger partial charge on any atom is -0.492 e. The van der Waals surface area contributed by atoms with Crippen molar-refractivity contribution in [3.63, 3.8) is 0 Å². The molecule has 124 valence electrons. The van der Waals surface area contributed by atoms with Gasteiger partial charge in [0.25, 0.3) is 0 Å². The summed E-state index contributed by atoms with van der Waals surface area (Å²) in [5.74, 6) is 1.42. The predicted octanol–water partition coefficient (Wildman–Crippen LogP) is 3.02. The summed E-state index contributed by atoms with van der Waals surface area (Å²) in [7, 11) is 0. The van der Waals surface area contributed by atoms with Gasteiger partial charge in [-0.15, -0.1) is 0 Å². The molecule has 0 bridgehead atoms. The maximum absolute atomic E-state index is 11.7. The highest BCUT2D eigenvalue weighted by atomic mass is 16.5. The summed E-state index contributed by atoms with van der Waals surface area (Å²) in [6, 6.07) is 9.82. The maximum Gasteiger partial charge on any atom is 0.226 e. The molecule has 0 saturated heterocycles. The zero-order chi connectivity index (χ0) is 16.9. The van der Waals surface area contributed by atoms with E-state index in [4.69, 9.17) is 9.26 Å². The predicted molar refractivity (Wildman–Crippen MR) is 88.6 cm³/mol. The molecule has 0 fully saturated rings. The van der Waals surface area contributed by atoms with Crippen LogP contribution in [-0.4, -0.2) is 24.2 Å². The van der Waals surface area contributed by atoms with E-state index in [1.165, 1.54) is 5.56 Å². The van der Waals surface area contributed by atoms with E-state index in [1.54, 1.807) is 13.0 Å². The zero-order valence-corrected chi connectivity index (χ0v) is 14.2. The third-order valence-corrected chi connectivity index (χ3v) is 3.43. The molecule has 5 heteroatoms. The van der Waals surface area contributed by atoms with Gasteiger partial charge in [-0.3, -0.25) is 4.79 Å². The fourth-order valence-electron chi connectivity index (χ4n) is 2.14. The Labute approximate surface area is 137 Å². The van der Waals surface area contributed by atoms with Crippen LogP contribution in [0.1, 0.15) is 37.8 Å². The van der Waals surface area contributed by atoms with Crippen molar-refractivity contribution < 1.29 is 14.1 Å². The molecule has 1 amide bonds. The molecule has 23 heavy (non-hydrogen) atoms. The van der Waals surface area contributed by atoms with Crippen LogP contribution in [0.3, 0.4) is 0 Å². The standard InChI is InChI=1S/C18H24N2O3/c1-13-11-15(20-23-13)12-17(21)19-9-10-22-16-7-5-14(6-8-16)18(2,3)4/h5-8,11H,9-10,12H2,1-4H3,(H,19,21). The van der Waals surface area contributed by atoms with Crippen LogP contribution in [0, 0.1) is 6.92 Å². The number of ether oxygens (including phenoxy) is 1. The van der Waals surface area contributed by atoms with Gasteiger partial charge in [0.2, 0.25) is 5.91 Å². The average molecular weight is 316 g/mol. The number of amides is 1. The topological polar surface area (TPSA) is 64.4 Å². The second-order valence-corrected chi connectivity index (χ2v) is 6.58. The Morgan fingerprint density at radius 2 is 1.96 bits per heavy atom. The minimum atomic E-state index is -0.0926. The smallest absolute Gasteiger partial charge is 0.226 e. The van der Waals surface area contributed by atoms with Gasteiger partial charge >= 0.3 is 0 Å².